The van der Waals surface area contributed by atoms with E-state index in [0.29, 0.717) is 12.2 Å². The normalized spacial score (nSPS) is 10.5. The first-order valence-electron chi connectivity index (χ1n) is 6.38. The lowest BCUT2D eigenvalue weighted by atomic mass is 9.97. The largest absolute Gasteiger partial charge is 0.345 e. The maximum atomic E-state index is 11.6. The summed E-state index contributed by atoms with van der Waals surface area (Å²) in [5, 5.41) is 0. The molecule has 2 nitrogen and oxygen atoms in total. The highest BCUT2D eigenvalue weighted by atomic mass is 32.1. The molecule has 1 rings (SSSR count). The molecule has 1 aromatic carbocycles. The zero-order chi connectivity index (χ0) is 13.7. The van der Waals surface area contributed by atoms with Gasteiger partial charge in [-0.2, -0.15) is 12.6 Å². The van der Waals surface area contributed by atoms with E-state index in [-0.39, 0.29) is 5.91 Å². The molecule has 3 heteroatoms. The quantitative estimate of drug-likeness (QED) is 0.812. The van der Waals surface area contributed by atoms with Crippen LogP contribution in [0.2, 0.25) is 0 Å². The standard InChI is InChI=1S/C15H23NOS/c1-11-5-6-14(13(3)12(11)2)7-9-16(4)15(17)8-10-18/h5-6,18H,7-10H2,1-4H3. The van der Waals surface area contributed by atoms with E-state index in [1.165, 1.54) is 22.3 Å². The molecule has 0 aliphatic heterocycles. The molecule has 0 aliphatic rings. The van der Waals surface area contributed by atoms with Gasteiger partial charge in [0.05, 0.1) is 0 Å². The molecular weight excluding hydrogens is 242 g/mol. The molecule has 100 valence electrons. The number of carbonyl (C=O) groups excluding carboxylic acids is 1. The Labute approximate surface area is 116 Å². The van der Waals surface area contributed by atoms with Gasteiger partial charge in [0.15, 0.2) is 0 Å². The van der Waals surface area contributed by atoms with E-state index >= 15 is 0 Å². The number of carbonyl (C=O) groups is 1. The molecule has 18 heavy (non-hydrogen) atoms. The number of nitrogens with zero attached hydrogens (tertiary/aromatic N) is 1. The van der Waals surface area contributed by atoms with Gasteiger partial charge in [-0.25, -0.2) is 0 Å². The van der Waals surface area contributed by atoms with Crippen LogP contribution in [-0.4, -0.2) is 30.2 Å². The highest BCUT2D eigenvalue weighted by molar-refractivity contribution is 7.80. The van der Waals surface area contributed by atoms with Gasteiger partial charge in [-0.3, -0.25) is 4.79 Å². The van der Waals surface area contributed by atoms with Crippen LogP contribution in [0.15, 0.2) is 12.1 Å². The third-order valence-electron chi connectivity index (χ3n) is 3.64. The Bertz CT molecular complexity index is 429. The van der Waals surface area contributed by atoms with Crippen molar-refractivity contribution in [3.8, 4) is 0 Å². The van der Waals surface area contributed by atoms with Crippen molar-refractivity contribution in [2.45, 2.75) is 33.6 Å². The molecule has 1 amide bonds. The van der Waals surface area contributed by atoms with E-state index in [0.717, 1.165) is 13.0 Å². The Hall–Kier alpha value is -0.960. The number of benzene rings is 1. The molecule has 0 fully saturated rings. The predicted molar refractivity (Wildman–Crippen MR) is 80.5 cm³/mol. The second-order valence-electron chi connectivity index (χ2n) is 4.83. The van der Waals surface area contributed by atoms with Gasteiger partial charge in [0.2, 0.25) is 5.91 Å². The van der Waals surface area contributed by atoms with Crippen molar-refractivity contribution in [3.63, 3.8) is 0 Å². The average molecular weight is 265 g/mol. The van der Waals surface area contributed by atoms with Gasteiger partial charge in [-0.15, -0.1) is 0 Å². The molecule has 0 aliphatic carbocycles. The van der Waals surface area contributed by atoms with Gasteiger partial charge in [0, 0.05) is 20.0 Å². The molecule has 0 spiro atoms. The molecule has 0 radical (unpaired) electrons. The van der Waals surface area contributed by atoms with Crippen LogP contribution in [0.1, 0.15) is 28.7 Å². The monoisotopic (exact) mass is 265 g/mol. The fourth-order valence-electron chi connectivity index (χ4n) is 1.98. The topological polar surface area (TPSA) is 20.3 Å². The van der Waals surface area contributed by atoms with Gasteiger partial charge < -0.3 is 4.90 Å². The number of amides is 1. The Balaban J connectivity index is 2.64. The van der Waals surface area contributed by atoms with E-state index < -0.39 is 0 Å². The number of aryl methyl sites for hydroxylation is 1. The van der Waals surface area contributed by atoms with Crippen LogP contribution >= 0.6 is 12.6 Å². The van der Waals surface area contributed by atoms with Gasteiger partial charge >= 0.3 is 0 Å². The van der Waals surface area contributed by atoms with Gasteiger partial charge in [0.25, 0.3) is 0 Å². The molecule has 0 atom stereocenters. The zero-order valence-corrected chi connectivity index (χ0v) is 12.7. The Morgan fingerprint density at radius 1 is 1.22 bits per heavy atom. The number of thiol groups is 1. The van der Waals surface area contributed by atoms with Crippen LogP contribution < -0.4 is 0 Å². The lowest BCUT2D eigenvalue weighted by molar-refractivity contribution is -0.129. The van der Waals surface area contributed by atoms with Crippen LogP contribution in [-0.2, 0) is 11.2 Å². The summed E-state index contributed by atoms with van der Waals surface area (Å²) in [6.07, 6.45) is 1.44. The summed E-state index contributed by atoms with van der Waals surface area (Å²) in [4.78, 5) is 13.4. The van der Waals surface area contributed by atoms with Crippen LogP contribution in [0.4, 0.5) is 0 Å². The number of likely N-dealkylation sites (N-methyl/N-ethyl adjacent to an activating group) is 1. The fraction of sp³-hybridized carbons (Fsp3) is 0.533. The Morgan fingerprint density at radius 2 is 1.89 bits per heavy atom. The highest BCUT2D eigenvalue weighted by Gasteiger charge is 2.09. The highest BCUT2D eigenvalue weighted by Crippen LogP contribution is 2.17. The van der Waals surface area contributed by atoms with Crippen molar-refractivity contribution in [1.29, 1.82) is 0 Å². The van der Waals surface area contributed by atoms with Crippen LogP contribution in [0.3, 0.4) is 0 Å². The SMILES string of the molecule is Cc1ccc(CCN(C)C(=O)CCS)c(C)c1C. The van der Waals surface area contributed by atoms with Crippen LogP contribution in [0.25, 0.3) is 0 Å². The number of hydrogen-bond acceptors (Lipinski definition) is 2. The molecule has 0 aromatic heterocycles. The molecule has 0 bridgehead atoms. The van der Waals surface area contributed by atoms with Crippen molar-refractivity contribution >= 4 is 18.5 Å². The molecule has 0 saturated heterocycles. The lowest BCUT2D eigenvalue weighted by Gasteiger charge is -2.18. The van der Waals surface area contributed by atoms with Gasteiger partial charge in [0.1, 0.15) is 0 Å². The van der Waals surface area contributed by atoms with E-state index in [2.05, 4.69) is 45.5 Å². The Morgan fingerprint density at radius 3 is 2.50 bits per heavy atom. The first-order chi connectivity index (χ1) is 8.47. The van der Waals surface area contributed by atoms with Gasteiger partial charge in [-0.1, -0.05) is 12.1 Å². The molecular formula is C15H23NOS. The summed E-state index contributed by atoms with van der Waals surface area (Å²) in [6, 6.07) is 4.34. The van der Waals surface area contributed by atoms with Crippen molar-refractivity contribution in [1.82, 2.24) is 4.90 Å². The minimum absolute atomic E-state index is 0.173. The minimum Gasteiger partial charge on any atom is -0.345 e. The summed E-state index contributed by atoms with van der Waals surface area (Å²) >= 11 is 4.09. The van der Waals surface area contributed by atoms with Crippen molar-refractivity contribution in [2.75, 3.05) is 19.3 Å². The molecule has 0 heterocycles. The third-order valence-corrected chi connectivity index (χ3v) is 3.86. The number of hydrogen-bond donors (Lipinski definition) is 1. The Kier molecular flexibility index (Phi) is 5.73. The van der Waals surface area contributed by atoms with Crippen LogP contribution in [0, 0.1) is 20.8 Å². The average Bonchev–Trinajstić information content (AvgIpc) is 2.35. The molecule has 0 unspecified atom stereocenters. The molecule has 1 aromatic rings. The summed E-state index contributed by atoms with van der Waals surface area (Å²) in [6.45, 7) is 7.22. The zero-order valence-electron chi connectivity index (χ0n) is 11.8. The van der Waals surface area contributed by atoms with Crippen molar-refractivity contribution < 1.29 is 4.79 Å². The fourth-order valence-corrected chi connectivity index (χ4v) is 2.17. The second kappa shape index (κ2) is 6.83. The lowest BCUT2D eigenvalue weighted by Crippen LogP contribution is -2.29. The molecule has 0 saturated carbocycles. The smallest absolute Gasteiger partial charge is 0.223 e. The third kappa shape index (κ3) is 3.77. The number of rotatable bonds is 5. The van der Waals surface area contributed by atoms with Gasteiger partial charge in [-0.05, 0) is 55.2 Å². The van der Waals surface area contributed by atoms with E-state index in [1.807, 2.05) is 7.05 Å². The second-order valence-corrected chi connectivity index (χ2v) is 5.28. The maximum absolute atomic E-state index is 11.6. The van der Waals surface area contributed by atoms with Crippen LogP contribution in [0.5, 0.6) is 0 Å². The predicted octanol–water partition coefficient (Wildman–Crippen LogP) is 2.93. The maximum Gasteiger partial charge on any atom is 0.223 e. The summed E-state index contributed by atoms with van der Waals surface area (Å²) < 4.78 is 0. The van der Waals surface area contributed by atoms with Crippen molar-refractivity contribution in [3.05, 3.63) is 34.4 Å². The van der Waals surface area contributed by atoms with E-state index in [4.69, 9.17) is 0 Å². The summed E-state index contributed by atoms with van der Waals surface area (Å²) in [5.41, 5.74) is 5.38. The first kappa shape index (κ1) is 15.1. The first-order valence-corrected chi connectivity index (χ1v) is 7.01. The van der Waals surface area contributed by atoms with Crippen molar-refractivity contribution in [2.24, 2.45) is 0 Å². The van der Waals surface area contributed by atoms with E-state index in [9.17, 15) is 4.79 Å². The van der Waals surface area contributed by atoms with E-state index in [1.54, 1.807) is 4.90 Å². The minimum atomic E-state index is 0.173. The summed E-state index contributed by atoms with van der Waals surface area (Å²) in [5.74, 6) is 0.790. The molecule has 0 N–H and O–H groups in total. The summed E-state index contributed by atoms with van der Waals surface area (Å²) in [7, 11) is 1.86.